The Bertz CT molecular complexity index is 543. The first-order chi connectivity index (χ1) is 8.29. The van der Waals surface area contributed by atoms with Crippen molar-refractivity contribution in [3.05, 3.63) is 36.3 Å². The van der Waals surface area contributed by atoms with Crippen LogP contribution in [0.15, 0.2) is 30.6 Å². The van der Waals surface area contributed by atoms with Gasteiger partial charge in [-0.1, -0.05) is 5.92 Å². The highest BCUT2D eigenvalue weighted by molar-refractivity contribution is 5.56. The zero-order valence-electron chi connectivity index (χ0n) is 9.51. The van der Waals surface area contributed by atoms with Crippen molar-refractivity contribution in [2.75, 3.05) is 11.9 Å². The molecule has 4 nitrogen and oxygen atoms in total. The predicted octanol–water partition coefficient (Wildman–Crippen LogP) is 1.89. The number of aromatic nitrogens is 3. The van der Waals surface area contributed by atoms with Crippen molar-refractivity contribution in [1.29, 1.82) is 0 Å². The molecule has 2 aromatic heterocycles. The minimum Gasteiger partial charge on any atom is -0.359 e. The molecule has 84 valence electrons. The third-order valence-corrected chi connectivity index (χ3v) is 2.16. The van der Waals surface area contributed by atoms with Crippen molar-refractivity contribution < 1.29 is 0 Å². The van der Waals surface area contributed by atoms with Gasteiger partial charge in [-0.05, 0) is 19.1 Å². The second-order valence-corrected chi connectivity index (χ2v) is 3.51. The molecule has 4 heteroatoms. The Hall–Kier alpha value is -2.41. The van der Waals surface area contributed by atoms with Crippen LogP contribution in [0.4, 0.5) is 5.82 Å². The first kappa shape index (κ1) is 11.1. The molecular formula is C13H12N4. The molecule has 2 heterocycles. The highest BCUT2D eigenvalue weighted by atomic mass is 15.0. The maximum Gasteiger partial charge on any atom is 0.161 e. The standard InChI is InChI=1S/C13H12N4/c1-3-6-15-12-9-10(2)16-13(17-12)11-4-7-14-8-5-11/h1,4-5,7-9H,6H2,2H3,(H,15,16,17). The molecule has 0 atom stereocenters. The van der Waals surface area contributed by atoms with Crippen molar-refractivity contribution >= 4 is 5.82 Å². The van der Waals surface area contributed by atoms with Crippen molar-refractivity contribution in [1.82, 2.24) is 15.0 Å². The van der Waals surface area contributed by atoms with E-state index in [0.29, 0.717) is 12.4 Å². The van der Waals surface area contributed by atoms with Gasteiger partial charge in [0.15, 0.2) is 5.82 Å². The molecule has 0 aliphatic carbocycles. The smallest absolute Gasteiger partial charge is 0.161 e. The molecule has 0 aromatic carbocycles. The van der Waals surface area contributed by atoms with Crippen LogP contribution in [-0.2, 0) is 0 Å². The highest BCUT2D eigenvalue weighted by Crippen LogP contribution is 2.16. The average molecular weight is 224 g/mol. The number of rotatable bonds is 3. The fraction of sp³-hybridized carbons (Fsp3) is 0.154. The Morgan fingerprint density at radius 3 is 2.76 bits per heavy atom. The van der Waals surface area contributed by atoms with E-state index in [1.807, 2.05) is 25.1 Å². The molecule has 0 saturated carbocycles. The van der Waals surface area contributed by atoms with Crippen molar-refractivity contribution in [3.63, 3.8) is 0 Å². The van der Waals surface area contributed by atoms with Crippen LogP contribution in [0.5, 0.6) is 0 Å². The first-order valence-electron chi connectivity index (χ1n) is 5.23. The number of nitrogens with zero attached hydrogens (tertiary/aromatic N) is 3. The number of terminal acetylenes is 1. The lowest BCUT2D eigenvalue weighted by Crippen LogP contribution is -2.03. The van der Waals surface area contributed by atoms with Gasteiger partial charge in [0.05, 0.1) is 6.54 Å². The van der Waals surface area contributed by atoms with Crippen LogP contribution in [0.3, 0.4) is 0 Å². The van der Waals surface area contributed by atoms with E-state index >= 15 is 0 Å². The van der Waals surface area contributed by atoms with Gasteiger partial charge in [0.2, 0.25) is 0 Å². The number of anilines is 1. The van der Waals surface area contributed by atoms with Gasteiger partial charge in [-0.2, -0.15) is 0 Å². The van der Waals surface area contributed by atoms with Gasteiger partial charge in [-0.3, -0.25) is 4.98 Å². The summed E-state index contributed by atoms with van der Waals surface area (Å²) in [5.41, 5.74) is 1.83. The number of pyridine rings is 1. The van der Waals surface area contributed by atoms with Crippen LogP contribution >= 0.6 is 0 Å². The summed E-state index contributed by atoms with van der Waals surface area (Å²) in [6.45, 7) is 2.37. The van der Waals surface area contributed by atoms with Crippen molar-refractivity contribution in [3.8, 4) is 23.7 Å². The van der Waals surface area contributed by atoms with E-state index in [4.69, 9.17) is 6.42 Å². The summed E-state index contributed by atoms with van der Waals surface area (Å²) in [7, 11) is 0. The van der Waals surface area contributed by atoms with E-state index < -0.39 is 0 Å². The Kier molecular flexibility index (Phi) is 3.31. The molecule has 0 unspecified atom stereocenters. The van der Waals surface area contributed by atoms with Crippen molar-refractivity contribution in [2.24, 2.45) is 0 Å². The van der Waals surface area contributed by atoms with E-state index in [1.165, 1.54) is 0 Å². The van der Waals surface area contributed by atoms with Gasteiger partial charge in [0.1, 0.15) is 5.82 Å². The summed E-state index contributed by atoms with van der Waals surface area (Å²) in [4.78, 5) is 12.7. The van der Waals surface area contributed by atoms with Crippen LogP contribution in [0.1, 0.15) is 5.69 Å². The van der Waals surface area contributed by atoms with Gasteiger partial charge in [0.25, 0.3) is 0 Å². The van der Waals surface area contributed by atoms with Crippen molar-refractivity contribution in [2.45, 2.75) is 6.92 Å². The van der Waals surface area contributed by atoms with E-state index in [9.17, 15) is 0 Å². The fourth-order valence-electron chi connectivity index (χ4n) is 1.43. The molecule has 0 aliphatic rings. The van der Waals surface area contributed by atoms with Gasteiger partial charge in [-0.15, -0.1) is 6.42 Å². The Morgan fingerprint density at radius 1 is 1.29 bits per heavy atom. The summed E-state index contributed by atoms with van der Waals surface area (Å²) in [6, 6.07) is 5.61. The third kappa shape index (κ3) is 2.79. The Labute approximate surface area is 100 Å². The zero-order chi connectivity index (χ0) is 12.1. The molecule has 1 N–H and O–H groups in total. The lowest BCUT2D eigenvalue weighted by molar-refractivity contribution is 1.10. The van der Waals surface area contributed by atoms with Crippen LogP contribution in [0.2, 0.25) is 0 Å². The first-order valence-corrected chi connectivity index (χ1v) is 5.23. The van der Waals surface area contributed by atoms with E-state index in [0.717, 1.165) is 17.1 Å². The molecule has 0 saturated heterocycles. The Balaban J connectivity index is 2.36. The molecule has 2 rings (SSSR count). The van der Waals surface area contributed by atoms with Gasteiger partial charge in [0, 0.05) is 29.7 Å². The van der Waals surface area contributed by atoms with E-state index in [1.54, 1.807) is 12.4 Å². The molecule has 2 aromatic rings. The zero-order valence-corrected chi connectivity index (χ0v) is 9.51. The van der Waals surface area contributed by atoms with E-state index in [-0.39, 0.29) is 0 Å². The molecule has 17 heavy (non-hydrogen) atoms. The average Bonchev–Trinajstić information content (AvgIpc) is 2.37. The fourth-order valence-corrected chi connectivity index (χ4v) is 1.43. The van der Waals surface area contributed by atoms with E-state index in [2.05, 4.69) is 26.2 Å². The third-order valence-electron chi connectivity index (χ3n) is 2.16. The molecule has 0 radical (unpaired) electrons. The lowest BCUT2D eigenvalue weighted by Gasteiger charge is -2.06. The summed E-state index contributed by atoms with van der Waals surface area (Å²) in [5, 5.41) is 3.04. The summed E-state index contributed by atoms with van der Waals surface area (Å²) in [5.74, 6) is 3.92. The predicted molar refractivity (Wildman–Crippen MR) is 67.3 cm³/mol. The molecule has 0 fully saturated rings. The minimum atomic E-state index is 0.451. The molecule has 0 aliphatic heterocycles. The quantitative estimate of drug-likeness (QED) is 0.809. The largest absolute Gasteiger partial charge is 0.359 e. The second kappa shape index (κ2) is 5.08. The van der Waals surface area contributed by atoms with Crippen LogP contribution in [0, 0.1) is 19.3 Å². The normalized spacial score (nSPS) is 9.65. The number of aryl methyl sites for hydroxylation is 1. The number of hydrogen-bond donors (Lipinski definition) is 1. The number of nitrogens with one attached hydrogen (secondary N) is 1. The maximum atomic E-state index is 5.20. The molecule has 0 spiro atoms. The number of hydrogen-bond acceptors (Lipinski definition) is 4. The van der Waals surface area contributed by atoms with Gasteiger partial charge in [-0.25, -0.2) is 9.97 Å². The second-order valence-electron chi connectivity index (χ2n) is 3.51. The monoisotopic (exact) mass is 224 g/mol. The lowest BCUT2D eigenvalue weighted by atomic mass is 10.2. The topological polar surface area (TPSA) is 50.7 Å². The van der Waals surface area contributed by atoms with Crippen LogP contribution in [-0.4, -0.2) is 21.5 Å². The Morgan fingerprint density at radius 2 is 2.06 bits per heavy atom. The molecule has 0 bridgehead atoms. The molecule has 0 amide bonds. The molecular weight excluding hydrogens is 212 g/mol. The van der Waals surface area contributed by atoms with Crippen LogP contribution in [0.25, 0.3) is 11.4 Å². The minimum absolute atomic E-state index is 0.451. The summed E-state index contributed by atoms with van der Waals surface area (Å²) < 4.78 is 0. The SMILES string of the molecule is C#CCNc1cc(C)nc(-c2ccncc2)n1. The van der Waals surface area contributed by atoms with Crippen LogP contribution < -0.4 is 5.32 Å². The van der Waals surface area contributed by atoms with Gasteiger partial charge >= 0.3 is 0 Å². The van der Waals surface area contributed by atoms with Gasteiger partial charge < -0.3 is 5.32 Å². The maximum absolute atomic E-state index is 5.20. The summed E-state index contributed by atoms with van der Waals surface area (Å²) in [6.07, 6.45) is 8.64. The highest BCUT2D eigenvalue weighted by Gasteiger charge is 2.03. The summed E-state index contributed by atoms with van der Waals surface area (Å²) >= 11 is 0.